The van der Waals surface area contributed by atoms with Gasteiger partial charge in [-0.25, -0.2) is 9.97 Å². The zero-order valence-electron chi connectivity index (χ0n) is 16.6. The van der Waals surface area contributed by atoms with Crippen molar-refractivity contribution in [2.24, 2.45) is 0 Å². The van der Waals surface area contributed by atoms with Gasteiger partial charge in [0.1, 0.15) is 6.33 Å². The van der Waals surface area contributed by atoms with Crippen LogP contribution in [0.5, 0.6) is 0 Å². The molecule has 4 bridgehead atoms. The summed E-state index contributed by atoms with van der Waals surface area (Å²) >= 11 is 6.22. The molecule has 0 radical (unpaired) electrons. The lowest BCUT2D eigenvalue weighted by Gasteiger charge is -2.19. The Labute approximate surface area is 179 Å². The molecular formula is C21H22ClN7O. The molecule has 0 atom stereocenters. The highest BCUT2D eigenvalue weighted by molar-refractivity contribution is 6.30. The number of carbonyl (C=O) groups is 1. The minimum Gasteiger partial charge on any atom is -0.355 e. The van der Waals surface area contributed by atoms with Gasteiger partial charge in [0, 0.05) is 41.3 Å². The van der Waals surface area contributed by atoms with E-state index in [-0.39, 0.29) is 5.91 Å². The summed E-state index contributed by atoms with van der Waals surface area (Å²) in [6.07, 6.45) is 4.79. The molecule has 0 saturated carbocycles. The van der Waals surface area contributed by atoms with Crippen LogP contribution in [0.3, 0.4) is 0 Å². The molecule has 9 heteroatoms. The first-order chi connectivity index (χ1) is 14.6. The first-order valence-electron chi connectivity index (χ1n) is 9.72. The molecule has 0 spiro atoms. The summed E-state index contributed by atoms with van der Waals surface area (Å²) in [4.78, 5) is 31.8. The summed E-state index contributed by atoms with van der Waals surface area (Å²) in [7, 11) is 1.91. The van der Waals surface area contributed by atoms with Crippen LogP contribution in [0, 0.1) is 0 Å². The highest BCUT2D eigenvalue weighted by Gasteiger charge is 2.13. The maximum absolute atomic E-state index is 12.3. The third-order valence-corrected chi connectivity index (χ3v) is 4.99. The summed E-state index contributed by atoms with van der Waals surface area (Å²) in [6, 6.07) is 9.43. The minimum atomic E-state index is -0.00816. The second kappa shape index (κ2) is 9.15. The molecule has 4 rings (SSSR count). The van der Waals surface area contributed by atoms with Crippen LogP contribution in [0.25, 0.3) is 11.4 Å². The molecule has 2 N–H and O–H groups in total. The van der Waals surface area contributed by atoms with Crippen molar-refractivity contribution in [3.8, 4) is 11.4 Å². The smallest absolute Gasteiger partial charge is 0.234 e. The van der Waals surface area contributed by atoms with Crippen molar-refractivity contribution in [3.05, 3.63) is 59.1 Å². The number of fused-ring (bicyclic) bond motifs is 6. The first-order valence-corrected chi connectivity index (χ1v) is 10.1. The van der Waals surface area contributed by atoms with Crippen LogP contribution >= 0.6 is 11.6 Å². The van der Waals surface area contributed by atoms with Crippen molar-refractivity contribution in [2.75, 3.05) is 25.5 Å². The van der Waals surface area contributed by atoms with Crippen molar-refractivity contribution in [1.29, 1.82) is 0 Å². The lowest BCUT2D eigenvalue weighted by atomic mass is 10.1. The molecule has 3 aromatic rings. The number of amides is 1. The number of hydrogen-bond acceptors (Lipinski definition) is 7. The van der Waals surface area contributed by atoms with E-state index in [0.717, 1.165) is 35.3 Å². The highest BCUT2D eigenvalue weighted by atomic mass is 35.5. The molecular weight excluding hydrogens is 402 g/mol. The fraction of sp³-hybridized carbons (Fsp3) is 0.286. The van der Waals surface area contributed by atoms with Crippen LogP contribution in [-0.4, -0.2) is 50.9 Å². The van der Waals surface area contributed by atoms with E-state index in [0.29, 0.717) is 36.4 Å². The SMILES string of the molecule is CN1CC(=O)NCCCc2cc(ccn2)-c2ncnc(n2)Nc2cc(Cl)ccc2C1. The summed E-state index contributed by atoms with van der Waals surface area (Å²) in [5.41, 5.74) is 3.55. The number of likely N-dealkylation sites (N-methyl/N-ethyl adjacent to an activating group) is 1. The third-order valence-electron chi connectivity index (χ3n) is 4.75. The average Bonchev–Trinajstić information content (AvgIpc) is 2.73. The molecule has 30 heavy (non-hydrogen) atoms. The maximum atomic E-state index is 12.3. The van der Waals surface area contributed by atoms with Crippen LogP contribution in [-0.2, 0) is 17.8 Å². The predicted octanol–water partition coefficient (Wildman–Crippen LogP) is 2.82. The van der Waals surface area contributed by atoms with Crippen molar-refractivity contribution in [3.63, 3.8) is 0 Å². The molecule has 0 aliphatic carbocycles. The molecule has 0 saturated heterocycles. The van der Waals surface area contributed by atoms with Crippen LogP contribution < -0.4 is 10.6 Å². The summed E-state index contributed by atoms with van der Waals surface area (Å²) in [6.45, 7) is 1.46. The van der Waals surface area contributed by atoms with Crippen LogP contribution in [0.2, 0.25) is 5.02 Å². The van der Waals surface area contributed by atoms with Gasteiger partial charge >= 0.3 is 0 Å². The Kier molecular flexibility index (Phi) is 6.15. The Morgan fingerprint density at radius 2 is 2.00 bits per heavy atom. The molecule has 0 unspecified atom stereocenters. The number of rotatable bonds is 0. The normalized spacial score (nSPS) is 15.5. The van der Waals surface area contributed by atoms with Gasteiger partial charge in [-0.05, 0) is 49.7 Å². The van der Waals surface area contributed by atoms with Gasteiger partial charge in [0.05, 0.1) is 6.54 Å². The molecule has 1 aliphatic rings. The molecule has 1 aromatic carbocycles. The van der Waals surface area contributed by atoms with E-state index in [1.54, 1.807) is 6.20 Å². The van der Waals surface area contributed by atoms with E-state index in [1.165, 1.54) is 6.33 Å². The maximum Gasteiger partial charge on any atom is 0.234 e. The Morgan fingerprint density at radius 3 is 2.90 bits per heavy atom. The molecule has 154 valence electrons. The van der Waals surface area contributed by atoms with Gasteiger partial charge in [-0.3, -0.25) is 14.7 Å². The number of hydrogen-bond donors (Lipinski definition) is 2. The zero-order chi connectivity index (χ0) is 20.9. The average molecular weight is 424 g/mol. The van der Waals surface area contributed by atoms with Gasteiger partial charge in [-0.1, -0.05) is 17.7 Å². The molecule has 8 nitrogen and oxygen atoms in total. The molecule has 1 amide bonds. The van der Waals surface area contributed by atoms with Gasteiger partial charge in [-0.15, -0.1) is 0 Å². The number of aromatic nitrogens is 4. The number of halogens is 1. The van der Waals surface area contributed by atoms with Gasteiger partial charge in [0.15, 0.2) is 5.82 Å². The van der Waals surface area contributed by atoms with E-state index >= 15 is 0 Å². The van der Waals surface area contributed by atoms with Crippen molar-refractivity contribution in [1.82, 2.24) is 30.2 Å². The quantitative estimate of drug-likeness (QED) is 0.574. The topological polar surface area (TPSA) is 95.9 Å². The summed E-state index contributed by atoms with van der Waals surface area (Å²) < 4.78 is 0. The lowest BCUT2D eigenvalue weighted by Crippen LogP contribution is -2.35. The summed E-state index contributed by atoms with van der Waals surface area (Å²) in [5.74, 6) is 0.979. The number of pyridine rings is 1. The highest BCUT2D eigenvalue weighted by Crippen LogP contribution is 2.25. The van der Waals surface area contributed by atoms with Gasteiger partial charge in [-0.2, -0.15) is 4.98 Å². The Hall–Kier alpha value is -3.10. The number of carbonyl (C=O) groups excluding carboxylic acids is 1. The van der Waals surface area contributed by atoms with Crippen molar-refractivity contribution < 1.29 is 4.79 Å². The van der Waals surface area contributed by atoms with Gasteiger partial charge < -0.3 is 10.6 Å². The molecule has 0 fully saturated rings. The number of nitrogens with one attached hydrogen (secondary N) is 2. The van der Waals surface area contributed by atoms with Crippen LogP contribution in [0.1, 0.15) is 17.7 Å². The van der Waals surface area contributed by atoms with E-state index in [9.17, 15) is 4.79 Å². The largest absolute Gasteiger partial charge is 0.355 e. The predicted molar refractivity (Wildman–Crippen MR) is 115 cm³/mol. The van der Waals surface area contributed by atoms with E-state index in [1.807, 2.05) is 42.3 Å². The van der Waals surface area contributed by atoms with Crippen molar-refractivity contribution in [2.45, 2.75) is 19.4 Å². The van der Waals surface area contributed by atoms with Gasteiger partial charge in [0.25, 0.3) is 0 Å². The van der Waals surface area contributed by atoms with Gasteiger partial charge in [0.2, 0.25) is 11.9 Å². The fourth-order valence-electron chi connectivity index (χ4n) is 3.32. The molecule has 2 aromatic heterocycles. The third kappa shape index (κ3) is 5.08. The molecule has 3 heterocycles. The lowest BCUT2D eigenvalue weighted by molar-refractivity contribution is -0.122. The number of nitrogens with zero attached hydrogens (tertiary/aromatic N) is 5. The minimum absolute atomic E-state index is 0.00816. The number of aryl methyl sites for hydroxylation is 1. The second-order valence-corrected chi connectivity index (χ2v) is 7.66. The van der Waals surface area contributed by atoms with E-state index < -0.39 is 0 Å². The Morgan fingerprint density at radius 1 is 1.10 bits per heavy atom. The number of benzene rings is 1. The standard InChI is InChI=1S/C21H22ClN7O/c1-29-11-15-4-5-16(22)10-18(15)27-21-26-13-25-20(28-21)14-6-8-23-17(9-14)3-2-7-24-19(30)12-29/h4-6,8-10,13H,2-3,7,11-12H2,1H3,(H,24,30)(H,25,26,27,28). The second-order valence-electron chi connectivity index (χ2n) is 7.22. The monoisotopic (exact) mass is 423 g/mol. The summed E-state index contributed by atoms with van der Waals surface area (Å²) in [5, 5.41) is 6.82. The molecule has 1 aliphatic heterocycles. The van der Waals surface area contributed by atoms with Crippen LogP contribution in [0.4, 0.5) is 11.6 Å². The fourth-order valence-corrected chi connectivity index (χ4v) is 3.49. The Balaban J connectivity index is 1.71. The van der Waals surface area contributed by atoms with Crippen molar-refractivity contribution >= 4 is 29.1 Å². The van der Waals surface area contributed by atoms with Crippen LogP contribution in [0.15, 0.2) is 42.9 Å². The van der Waals surface area contributed by atoms with E-state index in [2.05, 4.69) is 30.6 Å². The zero-order valence-corrected chi connectivity index (χ0v) is 17.4. The number of anilines is 2. The Bertz CT molecular complexity index is 1060. The first kappa shape index (κ1) is 20.2. The van der Waals surface area contributed by atoms with E-state index in [4.69, 9.17) is 11.6 Å².